The van der Waals surface area contributed by atoms with Crippen LogP contribution in [-0.4, -0.2) is 24.0 Å². The van der Waals surface area contributed by atoms with Gasteiger partial charge in [-0.2, -0.15) is 5.26 Å². The van der Waals surface area contributed by atoms with Crippen LogP contribution >= 0.6 is 0 Å². The molecule has 0 aliphatic rings. The van der Waals surface area contributed by atoms with Crippen molar-refractivity contribution in [3.8, 4) is 6.07 Å². The second-order valence-electron chi connectivity index (χ2n) is 4.08. The molecule has 0 bridgehead atoms. The first-order valence-corrected chi connectivity index (χ1v) is 5.48. The van der Waals surface area contributed by atoms with Gasteiger partial charge in [0.2, 0.25) is 5.91 Å². The Morgan fingerprint density at radius 2 is 2.35 bits per heavy atom. The number of carbonyl (C=O) groups excluding carboxylic acids is 1. The quantitative estimate of drug-likeness (QED) is 0.798. The predicted molar refractivity (Wildman–Crippen MR) is 65.3 cm³/mol. The molecule has 5 nitrogen and oxygen atoms in total. The van der Waals surface area contributed by atoms with Gasteiger partial charge < -0.3 is 10.6 Å². The van der Waals surface area contributed by atoms with Gasteiger partial charge in [-0.1, -0.05) is 13.8 Å². The fraction of sp³-hybridized carbons (Fsp3) is 0.417. The number of rotatable bonds is 5. The summed E-state index contributed by atoms with van der Waals surface area (Å²) in [6, 6.07) is 3.64. The molecule has 0 atom stereocenters. The number of carbonyl (C=O) groups is 1. The van der Waals surface area contributed by atoms with Gasteiger partial charge in [0.25, 0.3) is 0 Å². The Kier molecular flexibility index (Phi) is 4.95. The normalized spacial score (nSPS) is 9.76. The number of hydrogen-bond donors (Lipinski definition) is 2. The fourth-order valence-electron chi connectivity index (χ4n) is 1.19. The van der Waals surface area contributed by atoms with E-state index in [4.69, 9.17) is 5.26 Å². The molecule has 1 heterocycles. The molecule has 1 rings (SSSR count). The Balaban J connectivity index is 2.45. The zero-order valence-corrected chi connectivity index (χ0v) is 10.0. The summed E-state index contributed by atoms with van der Waals surface area (Å²) >= 11 is 0. The van der Waals surface area contributed by atoms with Crippen molar-refractivity contribution in [3.05, 3.63) is 24.0 Å². The highest BCUT2D eigenvalue weighted by Gasteiger charge is 2.04. The van der Waals surface area contributed by atoms with E-state index < -0.39 is 0 Å². The first-order chi connectivity index (χ1) is 8.13. The van der Waals surface area contributed by atoms with Crippen LogP contribution in [0.1, 0.15) is 19.4 Å². The van der Waals surface area contributed by atoms with Crippen LogP contribution in [0.25, 0.3) is 0 Å². The number of aromatic nitrogens is 1. The van der Waals surface area contributed by atoms with Gasteiger partial charge in [0.15, 0.2) is 0 Å². The summed E-state index contributed by atoms with van der Waals surface area (Å²) in [5.74, 6) is 0.332. The molecule has 0 unspecified atom stereocenters. The largest absolute Gasteiger partial charge is 0.374 e. The van der Waals surface area contributed by atoms with Crippen molar-refractivity contribution >= 4 is 11.6 Å². The molecular weight excluding hydrogens is 216 g/mol. The van der Waals surface area contributed by atoms with Crippen LogP contribution in [-0.2, 0) is 4.79 Å². The minimum Gasteiger partial charge on any atom is -0.374 e. The van der Waals surface area contributed by atoms with Crippen LogP contribution in [0.2, 0.25) is 0 Å². The third-order valence-corrected chi connectivity index (χ3v) is 2.09. The third-order valence-electron chi connectivity index (χ3n) is 2.09. The van der Waals surface area contributed by atoms with E-state index in [1.54, 1.807) is 12.3 Å². The summed E-state index contributed by atoms with van der Waals surface area (Å²) in [5, 5.41) is 14.5. The maximum Gasteiger partial charge on any atom is 0.239 e. The van der Waals surface area contributed by atoms with E-state index in [0.717, 1.165) is 0 Å². The molecule has 1 aromatic heterocycles. The topological polar surface area (TPSA) is 77.8 Å². The SMILES string of the molecule is CC(C)CNC(=O)CNc1cnccc1C#N. The van der Waals surface area contributed by atoms with Gasteiger partial charge in [-0.25, -0.2) is 0 Å². The molecule has 0 saturated heterocycles. The van der Waals surface area contributed by atoms with E-state index in [0.29, 0.717) is 23.7 Å². The smallest absolute Gasteiger partial charge is 0.239 e. The third kappa shape index (κ3) is 4.51. The van der Waals surface area contributed by atoms with Gasteiger partial charge >= 0.3 is 0 Å². The first kappa shape index (κ1) is 13.0. The molecule has 0 spiro atoms. The zero-order chi connectivity index (χ0) is 12.7. The van der Waals surface area contributed by atoms with E-state index in [-0.39, 0.29) is 12.5 Å². The highest BCUT2D eigenvalue weighted by atomic mass is 16.1. The summed E-state index contributed by atoms with van der Waals surface area (Å²) in [6.45, 7) is 4.86. The molecule has 0 radical (unpaired) electrons. The van der Waals surface area contributed by atoms with E-state index in [9.17, 15) is 4.79 Å². The highest BCUT2D eigenvalue weighted by molar-refractivity contribution is 5.81. The van der Waals surface area contributed by atoms with E-state index in [1.165, 1.54) is 6.20 Å². The molecule has 0 aliphatic carbocycles. The van der Waals surface area contributed by atoms with Crippen LogP contribution in [0.15, 0.2) is 18.5 Å². The lowest BCUT2D eigenvalue weighted by atomic mass is 10.2. The Morgan fingerprint density at radius 1 is 1.59 bits per heavy atom. The van der Waals surface area contributed by atoms with Gasteiger partial charge in [0.1, 0.15) is 6.07 Å². The Bertz CT molecular complexity index is 423. The number of nitrogens with zero attached hydrogens (tertiary/aromatic N) is 2. The summed E-state index contributed by atoms with van der Waals surface area (Å²) in [4.78, 5) is 15.3. The summed E-state index contributed by atoms with van der Waals surface area (Å²) < 4.78 is 0. The summed E-state index contributed by atoms with van der Waals surface area (Å²) in [7, 11) is 0. The lowest BCUT2D eigenvalue weighted by Gasteiger charge is -2.09. The van der Waals surface area contributed by atoms with Gasteiger partial charge in [0, 0.05) is 12.7 Å². The lowest BCUT2D eigenvalue weighted by Crippen LogP contribution is -2.32. The average molecular weight is 232 g/mol. The van der Waals surface area contributed by atoms with E-state index in [1.807, 2.05) is 19.9 Å². The molecule has 5 heteroatoms. The van der Waals surface area contributed by atoms with Crippen molar-refractivity contribution in [2.24, 2.45) is 5.92 Å². The number of nitriles is 1. The molecule has 0 fully saturated rings. The van der Waals surface area contributed by atoms with Gasteiger partial charge in [-0.3, -0.25) is 9.78 Å². The predicted octanol–water partition coefficient (Wildman–Crippen LogP) is 1.14. The van der Waals surface area contributed by atoms with Crippen molar-refractivity contribution in [1.29, 1.82) is 5.26 Å². The van der Waals surface area contributed by atoms with Gasteiger partial charge in [-0.05, 0) is 12.0 Å². The number of amides is 1. The lowest BCUT2D eigenvalue weighted by molar-refractivity contribution is -0.119. The van der Waals surface area contributed by atoms with Gasteiger partial charge in [-0.15, -0.1) is 0 Å². The molecule has 0 aromatic carbocycles. The van der Waals surface area contributed by atoms with Crippen molar-refractivity contribution in [2.75, 3.05) is 18.4 Å². The Labute approximate surface area is 101 Å². The standard InChI is InChI=1S/C12H16N4O/c1-9(2)6-16-12(17)8-15-11-7-14-4-3-10(11)5-13/h3-4,7,9,15H,6,8H2,1-2H3,(H,16,17). The zero-order valence-electron chi connectivity index (χ0n) is 10.0. The van der Waals surface area contributed by atoms with Crippen molar-refractivity contribution < 1.29 is 4.79 Å². The van der Waals surface area contributed by atoms with Gasteiger partial charge in [0.05, 0.1) is 24.0 Å². The van der Waals surface area contributed by atoms with E-state index in [2.05, 4.69) is 15.6 Å². The van der Waals surface area contributed by atoms with Crippen LogP contribution in [0, 0.1) is 17.2 Å². The fourth-order valence-corrected chi connectivity index (χ4v) is 1.19. The van der Waals surface area contributed by atoms with Crippen molar-refractivity contribution in [3.63, 3.8) is 0 Å². The maximum atomic E-state index is 11.4. The minimum atomic E-state index is -0.0913. The molecular formula is C12H16N4O. The van der Waals surface area contributed by atoms with E-state index >= 15 is 0 Å². The molecule has 17 heavy (non-hydrogen) atoms. The maximum absolute atomic E-state index is 11.4. The summed E-state index contributed by atoms with van der Waals surface area (Å²) in [6.07, 6.45) is 3.08. The number of nitrogens with one attached hydrogen (secondary N) is 2. The molecule has 0 aliphatic heterocycles. The number of pyridine rings is 1. The van der Waals surface area contributed by atoms with Crippen molar-refractivity contribution in [1.82, 2.24) is 10.3 Å². The second-order valence-corrected chi connectivity index (χ2v) is 4.08. The monoisotopic (exact) mass is 232 g/mol. The molecule has 1 amide bonds. The molecule has 90 valence electrons. The first-order valence-electron chi connectivity index (χ1n) is 5.48. The highest BCUT2D eigenvalue weighted by Crippen LogP contribution is 2.10. The number of hydrogen-bond acceptors (Lipinski definition) is 4. The average Bonchev–Trinajstić information content (AvgIpc) is 2.34. The van der Waals surface area contributed by atoms with Crippen LogP contribution in [0.4, 0.5) is 5.69 Å². The van der Waals surface area contributed by atoms with Crippen LogP contribution < -0.4 is 10.6 Å². The van der Waals surface area contributed by atoms with Crippen LogP contribution in [0.5, 0.6) is 0 Å². The second kappa shape index (κ2) is 6.48. The Hall–Kier alpha value is -2.09. The summed E-state index contributed by atoms with van der Waals surface area (Å²) in [5.41, 5.74) is 1.06. The molecule has 1 aromatic rings. The van der Waals surface area contributed by atoms with Crippen LogP contribution in [0.3, 0.4) is 0 Å². The number of anilines is 1. The van der Waals surface area contributed by atoms with Crippen molar-refractivity contribution in [2.45, 2.75) is 13.8 Å². The molecule has 0 saturated carbocycles. The molecule has 2 N–H and O–H groups in total. The minimum absolute atomic E-state index is 0.0913. The Morgan fingerprint density at radius 3 is 3.00 bits per heavy atom.